The van der Waals surface area contributed by atoms with Crippen LogP contribution in [0.1, 0.15) is 92.0 Å². The van der Waals surface area contributed by atoms with Crippen molar-refractivity contribution in [1.29, 1.82) is 0 Å². The summed E-state index contributed by atoms with van der Waals surface area (Å²) in [5.41, 5.74) is 3.20. The predicted molar refractivity (Wildman–Crippen MR) is 94.1 cm³/mol. The molecule has 116 valence electrons. The highest BCUT2D eigenvalue weighted by molar-refractivity contribution is 7.12. The zero-order valence-corrected chi connectivity index (χ0v) is 15.0. The SMILES string of the molecule is CCCCCCCCCCCCc1c(C)sc(C)c1C. The highest BCUT2D eigenvalue weighted by Crippen LogP contribution is 2.28. The van der Waals surface area contributed by atoms with Gasteiger partial charge >= 0.3 is 0 Å². The number of unbranched alkanes of at least 4 members (excludes halogenated alkanes) is 9. The minimum absolute atomic E-state index is 1.30. The quantitative estimate of drug-likeness (QED) is 0.380. The van der Waals surface area contributed by atoms with Crippen LogP contribution in [0.3, 0.4) is 0 Å². The van der Waals surface area contributed by atoms with Crippen molar-refractivity contribution < 1.29 is 0 Å². The van der Waals surface area contributed by atoms with E-state index in [2.05, 4.69) is 27.7 Å². The van der Waals surface area contributed by atoms with E-state index in [-0.39, 0.29) is 0 Å². The lowest BCUT2D eigenvalue weighted by Crippen LogP contribution is -1.89. The third-order valence-electron chi connectivity index (χ3n) is 4.49. The average molecular weight is 295 g/mol. The Morgan fingerprint density at radius 1 is 0.650 bits per heavy atom. The minimum Gasteiger partial charge on any atom is -0.145 e. The Labute approximate surface area is 131 Å². The Morgan fingerprint density at radius 2 is 1.15 bits per heavy atom. The van der Waals surface area contributed by atoms with E-state index in [0.717, 1.165) is 0 Å². The zero-order chi connectivity index (χ0) is 14.8. The molecule has 0 aliphatic rings. The van der Waals surface area contributed by atoms with Crippen molar-refractivity contribution in [3.05, 3.63) is 20.9 Å². The van der Waals surface area contributed by atoms with E-state index in [9.17, 15) is 0 Å². The van der Waals surface area contributed by atoms with Crippen molar-refractivity contribution in [3.8, 4) is 0 Å². The number of rotatable bonds is 11. The average Bonchev–Trinajstić information content (AvgIpc) is 2.67. The molecule has 0 fully saturated rings. The summed E-state index contributed by atoms with van der Waals surface area (Å²) in [6.07, 6.45) is 15.6. The Kier molecular flexibility index (Phi) is 9.26. The molecule has 0 atom stereocenters. The molecule has 0 nitrogen and oxygen atoms in total. The highest BCUT2D eigenvalue weighted by atomic mass is 32.1. The van der Waals surface area contributed by atoms with Gasteiger partial charge in [0.25, 0.3) is 0 Å². The molecule has 0 amide bonds. The lowest BCUT2D eigenvalue weighted by atomic mass is 10.0. The summed E-state index contributed by atoms with van der Waals surface area (Å²) >= 11 is 1.98. The maximum Gasteiger partial charge on any atom is 0.00517 e. The third-order valence-corrected chi connectivity index (χ3v) is 5.66. The second kappa shape index (κ2) is 10.4. The molecular formula is C19H34S. The number of aryl methyl sites for hydroxylation is 2. The molecule has 0 aliphatic heterocycles. The summed E-state index contributed by atoms with van der Waals surface area (Å²) in [7, 11) is 0. The van der Waals surface area contributed by atoms with Gasteiger partial charge in [-0.25, -0.2) is 0 Å². The van der Waals surface area contributed by atoms with Gasteiger partial charge in [-0.15, -0.1) is 11.3 Å². The van der Waals surface area contributed by atoms with E-state index in [1.807, 2.05) is 11.3 Å². The van der Waals surface area contributed by atoms with Gasteiger partial charge in [0, 0.05) is 9.75 Å². The maximum absolute atomic E-state index is 2.30. The minimum atomic E-state index is 1.30. The highest BCUT2D eigenvalue weighted by Gasteiger charge is 2.08. The molecule has 0 saturated carbocycles. The number of hydrogen-bond acceptors (Lipinski definition) is 1. The van der Waals surface area contributed by atoms with Crippen LogP contribution in [0.5, 0.6) is 0 Å². The summed E-state index contributed by atoms with van der Waals surface area (Å²) < 4.78 is 0. The molecule has 1 rings (SSSR count). The van der Waals surface area contributed by atoms with Crippen LogP contribution in [0.4, 0.5) is 0 Å². The summed E-state index contributed by atoms with van der Waals surface area (Å²) in [6.45, 7) is 9.13. The fourth-order valence-corrected chi connectivity index (χ4v) is 4.11. The van der Waals surface area contributed by atoms with Crippen molar-refractivity contribution in [2.75, 3.05) is 0 Å². The molecule has 0 unspecified atom stereocenters. The van der Waals surface area contributed by atoms with Crippen LogP contribution in [-0.2, 0) is 6.42 Å². The first-order chi connectivity index (χ1) is 9.66. The van der Waals surface area contributed by atoms with Gasteiger partial charge in [-0.3, -0.25) is 0 Å². The molecule has 1 heterocycles. The maximum atomic E-state index is 2.30. The first-order valence-corrected chi connectivity index (χ1v) is 9.54. The standard InChI is InChI=1S/C19H34S/c1-5-6-7-8-9-10-11-12-13-14-15-19-16(2)17(3)20-18(19)4/h5-15H2,1-4H3. The first-order valence-electron chi connectivity index (χ1n) is 8.72. The molecule has 0 aromatic carbocycles. The zero-order valence-electron chi connectivity index (χ0n) is 14.2. The largest absolute Gasteiger partial charge is 0.145 e. The van der Waals surface area contributed by atoms with Gasteiger partial charge in [-0.2, -0.15) is 0 Å². The fourth-order valence-electron chi connectivity index (χ4n) is 3.00. The molecular weight excluding hydrogens is 260 g/mol. The molecule has 1 aromatic rings. The Hall–Kier alpha value is -0.300. The van der Waals surface area contributed by atoms with Gasteiger partial charge < -0.3 is 0 Å². The van der Waals surface area contributed by atoms with Crippen molar-refractivity contribution in [2.45, 2.75) is 98.3 Å². The third kappa shape index (κ3) is 6.43. The lowest BCUT2D eigenvalue weighted by molar-refractivity contribution is 0.556. The van der Waals surface area contributed by atoms with E-state index < -0.39 is 0 Å². The van der Waals surface area contributed by atoms with Gasteiger partial charge in [-0.1, -0.05) is 64.7 Å². The summed E-state index contributed by atoms with van der Waals surface area (Å²) in [6, 6.07) is 0. The molecule has 20 heavy (non-hydrogen) atoms. The first kappa shape index (κ1) is 17.8. The molecule has 0 radical (unpaired) electrons. The normalized spacial score (nSPS) is 11.2. The second-order valence-electron chi connectivity index (χ2n) is 6.25. The molecule has 0 saturated heterocycles. The van der Waals surface area contributed by atoms with Crippen molar-refractivity contribution in [1.82, 2.24) is 0 Å². The smallest absolute Gasteiger partial charge is 0.00517 e. The molecule has 0 N–H and O–H groups in total. The van der Waals surface area contributed by atoms with Crippen LogP contribution >= 0.6 is 11.3 Å². The Bertz CT molecular complexity index is 362. The summed E-state index contributed by atoms with van der Waals surface area (Å²) in [5.74, 6) is 0. The predicted octanol–water partition coefficient (Wildman–Crippen LogP) is 7.14. The number of thiophene rings is 1. The van der Waals surface area contributed by atoms with Crippen LogP contribution < -0.4 is 0 Å². The van der Waals surface area contributed by atoms with Gasteiger partial charge in [0.15, 0.2) is 0 Å². The van der Waals surface area contributed by atoms with Gasteiger partial charge in [0.1, 0.15) is 0 Å². The van der Waals surface area contributed by atoms with E-state index in [1.54, 1.807) is 16.0 Å². The van der Waals surface area contributed by atoms with Crippen molar-refractivity contribution in [2.24, 2.45) is 0 Å². The Balaban J connectivity index is 2.00. The van der Waals surface area contributed by atoms with Crippen molar-refractivity contribution in [3.63, 3.8) is 0 Å². The van der Waals surface area contributed by atoms with Crippen LogP contribution in [0.15, 0.2) is 0 Å². The van der Waals surface area contributed by atoms with Gasteiger partial charge in [-0.05, 0) is 44.7 Å². The van der Waals surface area contributed by atoms with Crippen LogP contribution in [0, 0.1) is 20.8 Å². The Morgan fingerprint density at radius 3 is 1.60 bits per heavy atom. The van der Waals surface area contributed by atoms with Gasteiger partial charge in [0.2, 0.25) is 0 Å². The molecule has 0 spiro atoms. The summed E-state index contributed by atoms with van der Waals surface area (Å²) in [4.78, 5) is 3.07. The summed E-state index contributed by atoms with van der Waals surface area (Å²) in [5, 5.41) is 0. The molecule has 1 aromatic heterocycles. The molecule has 0 aliphatic carbocycles. The fraction of sp³-hybridized carbons (Fsp3) is 0.789. The van der Waals surface area contributed by atoms with Gasteiger partial charge in [0.05, 0.1) is 0 Å². The van der Waals surface area contributed by atoms with Crippen LogP contribution in [0.25, 0.3) is 0 Å². The van der Waals surface area contributed by atoms with E-state index in [0.29, 0.717) is 0 Å². The van der Waals surface area contributed by atoms with E-state index in [4.69, 9.17) is 0 Å². The molecule has 0 bridgehead atoms. The van der Waals surface area contributed by atoms with E-state index >= 15 is 0 Å². The van der Waals surface area contributed by atoms with Crippen molar-refractivity contribution >= 4 is 11.3 Å². The molecule has 1 heteroatoms. The van der Waals surface area contributed by atoms with Crippen LogP contribution in [-0.4, -0.2) is 0 Å². The topological polar surface area (TPSA) is 0 Å². The second-order valence-corrected chi connectivity index (χ2v) is 7.68. The number of hydrogen-bond donors (Lipinski definition) is 0. The lowest BCUT2D eigenvalue weighted by Gasteiger charge is -2.04. The van der Waals surface area contributed by atoms with Crippen LogP contribution in [0.2, 0.25) is 0 Å². The monoisotopic (exact) mass is 294 g/mol. The van der Waals surface area contributed by atoms with E-state index in [1.165, 1.54) is 75.5 Å².